The molecule has 1 amide bonds. The Balaban J connectivity index is 1.95. The molecule has 1 spiro atoms. The first-order chi connectivity index (χ1) is 6.74. The van der Waals surface area contributed by atoms with Crippen LogP contribution in [0.2, 0.25) is 0 Å². The van der Waals surface area contributed by atoms with Gasteiger partial charge in [-0.25, -0.2) is 0 Å². The maximum atomic E-state index is 11.5. The van der Waals surface area contributed by atoms with Crippen molar-refractivity contribution in [2.24, 2.45) is 5.41 Å². The lowest BCUT2D eigenvalue weighted by Crippen LogP contribution is -2.64. The zero-order valence-corrected chi connectivity index (χ0v) is 9.13. The van der Waals surface area contributed by atoms with E-state index in [4.69, 9.17) is 4.42 Å². The molecule has 1 aliphatic heterocycles. The van der Waals surface area contributed by atoms with Crippen molar-refractivity contribution >= 4 is 21.8 Å². The van der Waals surface area contributed by atoms with Crippen LogP contribution in [0, 0.1) is 5.41 Å². The zero-order valence-electron chi connectivity index (χ0n) is 7.55. The van der Waals surface area contributed by atoms with E-state index in [9.17, 15) is 4.79 Å². The van der Waals surface area contributed by atoms with Gasteiger partial charge in [0, 0.05) is 0 Å². The summed E-state index contributed by atoms with van der Waals surface area (Å²) < 4.78 is 6.34. The van der Waals surface area contributed by atoms with E-state index in [2.05, 4.69) is 21.2 Å². The van der Waals surface area contributed by atoms with Crippen LogP contribution in [0.5, 0.6) is 0 Å². The van der Waals surface area contributed by atoms with Gasteiger partial charge in [0.1, 0.15) is 11.8 Å². The summed E-state index contributed by atoms with van der Waals surface area (Å²) in [7, 11) is 0. The normalized spacial score (nSPS) is 28.1. The molecule has 1 aliphatic carbocycles. The molecule has 2 aliphatic rings. The highest BCUT2D eigenvalue weighted by Crippen LogP contribution is 2.57. The molecule has 2 fully saturated rings. The fourth-order valence-electron chi connectivity index (χ4n) is 2.37. The van der Waals surface area contributed by atoms with Gasteiger partial charge in [-0.3, -0.25) is 4.79 Å². The molecule has 14 heavy (non-hydrogen) atoms. The van der Waals surface area contributed by atoms with Crippen LogP contribution in [0.3, 0.4) is 0 Å². The van der Waals surface area contributed by atoms with Gasteiger partial charge in [-0.2, -0.15) is 0 Å². The average molecular weight is 256 g/mol. The maximum Gasteiger partial charge on any atom is 0.229 e. The van der Waals surface area contributed by atoms with Crippen molar-refractivity contribution in [3.8, 4) is 0 Å². The lowest BCUT2D eigenvalue weighted by molar-refractivity contribution is -0.156. The van der Waals surface area contributed by atoms with Gasteiger partial charge >= 0.3 is 0 Å². The standard InChI is InChI=1S/C10H10BrNO2/c11-6-2-5-14-7(6)8-10(3-1-4-10)9(13)12-8/h2,5,8H,1,3-4H2,(H,12,13). The van der Waals surface area contributed by atoms with E-state index in [0.29, 0.717) is 0 Å². The molecule has 3 nitrogen and oxygen atoms in total. The first kappa shape index (κ1) is 8.53. The summed E-state index contributed by atoms with van der Waals surface area (Å²) in [5.74, 6) is 1.06. The number of furan rings is 1. The number of halogens is 1. The maximum absolute atomic E-state index is 11.5. The second kappa shape index (κ2) is 2.63. The van der Waals surface area contributed by atoms with Crippen LogP contribution in [0.15, 0.2) is 21.2 Å². The van der Waals surface area contributed by atoms with Crippen molar-refractivity contribution < 1.29 is 9.21 Å². The Morgan fingerprint density at radius 3 is 2.79 bits per heavy atom. The van der Waals surface area contributed by atoms with E-state index in [1.54, 1.807) is 6.26 Å². The van der Waals surface area contributed by atoms with Crippen molar-refractivity contribution in [3.05, 3.63) is 22.6 Å². The molecule has 1 atom stereocenters. The summed E-state index contributed by atoms with van der Waals surface area (Å²) in [6.07, 6.45) is 4.80. The summed E-state index contributed by atoms with van der Waals surface area (Å²) in [5, 5.41) is 2.92. The molecule has 2 heterocycles. The molecule has 3 rings (SSSR count). The molecule has 1 saturated heterocycles. The summed E-state index contributed by atoms with van der Waals surface area (Å²) in [5.41, 5.74) is -0.139. The number of hydrogen-bond donors (Lipinski definition) is 1. The third-order valence-corrected chi connectivity index (χ3v) is 4.09. The van der Waals surface area contributed by atoms with Crippen LogP contribution >= 0.6 is 15.9 Å². The lowest BCUT2D eigenvalue weighted by atomic mass is 9.58. The first-order valence-corrected chi connectivity index (χ1v) is 5.57. The highest BCUT2D eigenvalue weighted by atomic mass is 79.9. The highest BCUT2D eigenvalue weighted by molar-refractivity contribution is 9.10. The van der Waals surface area contributed by atoms with E-state index in [-0.39, 0.29) is 17.4 Å². The minimum atomic E-state index is -0.139. The average Bonchev–Trinajstić information content (AvgIpc) is 2.44. The van der Waals surface area contributed by atoms with Crippen LogP contribution in [-0.2, 0) is 4.79 Å². The molecule has 1 aromatic heterocycles. The van der Waals surface area contributed by atoms with E-state index < -0.39 is 0 Å². The molecule has 74 valence electrons. The Labute approximate surface area is 90.0 Å². The third-order valence-electron chi connectivity index (χ3n) is 3.43. The van der Waals surface area contributed by atoms with E-state index in [0.717, 1.165) is 29.5 Å². The fourth-order valence-corrected chi connectivity index (χ4v) is 2.80. The third kappa shape index (κ3) is 0.848. The van der Waals surface area contributed by atoms with Crippen LogP contribution in [-0.4, -0.2) is 5.91 Å². The second-order valence-corrected chi connectivity index (χ2v) is 4.90. The Hall–Kier alpha value is -0.770. The number of carbonyl (C=O) groups excluding carboxylic acids is 1. The molecule has 4 heteroatoms. The molecular formula is C10H10BrNO2. The van der Waals surface area contributed by atoms with Crippen molar-refractivity contribution in [1.82, 2.24) is 5.32 Å². The summed E-state index contributed by atoms with van der Waals surface area (Å²) >= 11 is 3.42. The van der Waals surface area contributed by atoms with Gasteiger partial charge in [-0.15, -0.1) is 0 Å². The first-order valence-electron chi connectivity index (χ1n) is 4.78. The summed E-state index contributed by atoms with van der Waals surface area (Å²) in [6.45, 7) is 0. The van der Waals surface area contributed by atoms with Gasteiger partial charge < -0.3 is 9.73 Å². The minimum Gasteiger partial charge on any atom is -0.466 e. The topological polar surface area (TPSA) is 42.2 Å². The Morgan fingerprint density at radius 1 is 1.57 bits per heavy atom. The summed E-state index contributed by atoms with van der Waals surface area (Å²) in [4.78, 5) is 11.5. The lowest BCUT2D eigenvalue weighted by Gasteiger charge is -2.53. The molecule has 1 saturated carbocycles. The summed E-state index contributed by atoms with van der Waals surface area (Å²) in [6, 6.07) is 1.96. The Bertz CT molecular complexity index is 395. The number of nitrogens with one attached hydrogen (secondary N) is 1. The Kier molecular flexibility index (Phi) is 1.60. The van der Waals surface area contributed by atoms with E-state index in [1.165, 1.54) is 0 Å². The number of carbonyl (C=O) groups is 1. The monoisotopic (exact) mass is 255 g/mol. The van der Waals surface area contributed by atoms with Crippen molar-refractivity contribution in [3.63, 3.8) is 0 Å². The van der Waals surface area contributed by atoms with Crippen molar-refractivity contribution in [2.45, 2.75) is 25.3 Å². The molecule has 1 unspecified atom stereocenters. The van der Waals surface area contributed by atoms with E-state index in [1.807, 2.05) is 6.07 Å². The number of β-lactam (4-membered cyclic amide) rings is 1. The van der Waals surface area contributed by atoms with Crippen molar-refractivity contribution in [2.75, 3.05) is 0 Å². The van der Waals surface area contributed by atoms with Crippen LogP contribution in [0.4, 0.5) is 0 Å². The van der Waals surface area contributed by atoms with Gasteiger partial charge in [0.25, 0.3) is 0 Å². The molecule has 0 bridgehead atoms. The minimum absolute atomic E-state index is 0.0909. The highest BCUT2D eigenvalue weighted by Gasteiger charge is 2.60. The molecule has 0 radical (unpaired) electrons. The molecular weight excluding hydrogens is 246 g/mol. The van der Waals surface area contributed by atoms with Crippen molar-refractivity contribution in [1.29, 1.82) is 0 Å². The predicted octanol–water partition coefficient (Wildman–Crippen LogP) is 2.38. The van der Waals surface area contributed by atoms with Crippen LogP contribution in [0.1, 0.15) is 31.1 Å². The van der Waals surface area contributed by atoms with Gasteiger partial charge in [0.05, 0.1) is 16.2 Å². The largest absolute Gasteiger partial charge is 0.466 e. The van der Waals surface area contributed by atoms with Gasteiger partial charge in [0.2, 0.25) is 5.91 Å². The van der Waals surface area contributed by atoms with Gasteiger partial charge in [0.15, 0.2) is 0 Å². The fraction of sp³-hybridized carbons (Fsp3) is 0.500. The molecule has 0 aromatic carbocycles. The number of rotatable bonds is 1. The van der Waals surface area contributed by atoms with Crippen LogP contribution in [0.25, 0.3) is 0 Å². The van der Waals surface area contributed by atoms with Gasteiger partial charge in [-0.1, -0.05) is 6.42 Å². The zero-order chi connectivity index (χ0) is 9.76. The molecule has 1 aromatic rings. The quantitative estimate of drug-likeness (QED) is 0.784. The number of amides is 1. The number of hydrogen-bond acceptors (Lipinski definition) is 2. The SMILES string of the molecule is O=C1NC(c2occc2Br)C12CCC2. The second-order valence-electron chi connectivity index (χ2n) is 4.05. The predicted molar refractivity (Wildman–Crippen MR) is 53.6 cm³/mol. The van der Waals surface area contributed by atoms with E-state index >= 15 is 0 Å². The van der Waals surface area contributed by atoms with Gasteiger partial charge in [-0.05, 0) is 34.8 Å². The smallest absolute Gasteiger partial charge is 0.229 e. The van der Waals surface area contributed by atoms with Crippen LogP contribution < -0.4 is 5.32 Å². The Morgan fingerprint density at radius 2 is 2.36 bits per heavy atom. The molecule has 1 N–H and O–H groups in total.